The van der Waals surface area contributed by atoms with Gasteiger partial charge in [0.25, 0.3) is 0 Å². The molecule has 1 aromatic carbocycles. The molecule has 2 aromatic rings. The van der Waals surface area contributed by atoms with Crippen LogP contribution in [-0.2, 0) is 13.1 Å². The zero-order chi connectivity index (χ0) is 14.5. The van der Waals surface area contributed by atoms with Gasteiger partial charge in [-0.2, -0.15) is 5.10 Å². The Bertz CT molecular complexity index is 568. The van der Waals surface area contributed by atoms with Crippen molar-refractivity contribution in [3.8, 4) is 0 Å². The summed E-state index contributed by atoms with van der Waals surface area (Å²) < 4.78 is 2.78. The van der Waals surface area contributed by atoms with Gasteiger partial charge in [0, 0.05) is 9.50 Å². The molecule has 0 spiro atoms. The quantitative estimate of drug-likeness (QED) is 0.860. The molecule has 0 aliphatic heterocycles. The predicted molar refractivity (Wildman–Crippen MR) is 84.8 cm³/mol. The lowest BCUT2D eigenvalue weighted by molar-refractivity contribution is 0.539. The minimum absolute atomic E-state index is 0.624. The molecule has 6 heteroatoms. The highest BCUT2D eigenvalue weighted by Gasteiger charge is 2.05. The molecule has 0 saturated carbocycles. The van der Waals surface area contributed by atoms with Crippen LogP contribution in [0.25, 0.3) is 0 Å². The normalized spacial score (nSPS) is 11.2. The van der Waals surface area contributed by atoms with Gasteiger partial charge in [0.15, 0.2) is 5.82 Å². The highest BCUT2D eigenvalue weighted by molar-refractivity contribution is 9.10. The molecule has 0 radical (unpaired) electrons. The summed E-state index contributed by atoms with van der Waals surface area (Å²) in [6, 6.07) is 5.85. The van der Waals surface area contributed by atoms with E-state index >= 15 is 0 Å². The second kappa shape index (κ2) is 7.20. The molecular weight excluding hydrogens is 340 g/mol. The van der Waals surface area contributed by atoms with Crippen LogP contribution < -0.4 is 5.32 Å². The second-order valence-electron chi connectivity index (χ2n) is 5.12. The molecule has 20 heavy (non-hydrogen) atoms. The number of halogens is 2. The zero-order valence-corrected chi connectivity index (χ0v) is 13.9. The third kappa shape index (κ3) is 4.58. The first-order valence-electron chi connectivity index (χ1n) is 6.57. The Balaban J connectivity index is 1.95. The van der Waals surface area contributed by atoms with E-state index in [-0.39, 0.29) is 0 Å². The van der Waals surface area contributed by atoms with E-state index in [1.807, 2.05) is 22.9 Å². The van der Waals surface area contributed by atoms with Gasteiger partial charge in [-0.15, -0.1) is 0 Å². The summed E-state index contributed by atoms with van der Waals surface area (Å²) in [5.74, 6) is 1.43. The molecule has 108 valence electrons. The summed E-state index contributed by atoms with van der Waals surface area (Å²) >= 11 is 9.60. The van der Waals surface area contributed by atoms with E-state index in [9.17, 15) is 0 Å². The van der Waals surface area contributed by atoms with Crippen molar-refractivity contribution in [2.45, 2.75) is 26.9 Å². The van der Waals surface area contributed by atoms with E-state index < -0.39 is 0 Å². The van der Waals surface area contributed by atoms with Crippen LogP contribution in [0.1, 0.15) is 25.2 Å². The van der Waals surface area contributed by atoms with E-state index in [0.717, 1.165) is 27.4 Å². The first-order valence-corrected chi connectivity index (χ1v) is 7.74. The van der Waals surface area contributed by atoms with E-state index in [2.05, 4.69) is 45.2 Å². The van der Waals surface area contributed by atoms with Crippen molar-refractivity contribution in [2.24, 2.45) is 5.92 Å². The molecule has 0 unspecified atom stereocenters. The average Bonchev–Trinajstić information content (AvgIpc) is 2.80. The van der Waals surface area contributed by atoms with Gasteiger partial charge < -0.3 is 5.32 Å². The number of hydrogen-bond donors (Lipinski definition) is 1. The first-order chi connectivity index (χ1) is 9.54. The SMILES string of the molecule is CC(C)CNCc1ncn(Cc2ccc(Br)cc2Cl)n1. The molecule has 0 fully saturated rings. The van der Waals surface area contributed by atoms with E-state index in [0.29, 0.717) is 19.0 Å². The number of nitrogens with zero attached hydrogens (tertiary/aromatic N) is 3. The molecule has 0 atom stereocenters. The molecule has 0 aliphatic carbocycles. The average molecular weight is 358 g/mol. The Kier molecular flexibility index (Phi) is 5.57. The van der Waals surface area contributed by atoms with Crippen molar-refractivity contribution in [3.05, 3.63) is 45.4 Å². The topological polar surface area (TPSA) is 42.7 Å². The lowest BCUT2D eigenvalue weighted by Crippen LogP contribution is -2.19. The van der Waals surface area contributed by atoms with Crippen LogP contribution >= 0.6 is 27.5 Å². The maximum atomic E-state index is 6.20. The molecule has 1 heterocycles. The van der Waals surface area contributed by atoms with Gasteiger partial charge in [-0.25, -0.2) is 9.67 Å². The summed E-state index contributed by atoms with van der Waals surface area (Å²) in [5.41, 5.74) is 1.03. The third-order valence-electron chi connectivity index (χ3n) is 2.77. The van der Waals surface area contributed by atoms with Crippen LogP contribution in [-0.4, -0.2) is 21.3 Å². The van der Waals surface area contributed by atoms with Gasteiger partial charge in [0.2, 0.25) is 0 Å². The molecule has 0 amide bonds. The van der Waals surface area contributed by atoms with Crippen molar-refractivity contribution < 1.29 is 0 Å². The maximum Gasteiger partial charge on any atom is 0.164 e. The summed E-state index contributed by atoms with van der Waals surface area (Å²) in [7, 11) is 0. The zero-order valence-electron chi connectivity index (χ0n) is 11.6. The Labute approximate surface area is 132 Å². The van der Waals surface area contributed by atoms with Gasteiger partial charge in [0.05, 0.1) is 13.1 Å². The molecule has 0 saturated heterocycles. The van der Waals surface area contributed by atoms with Crippen molar-refractivity contribution in [1.82, 2.24) is 20.1 Å². The Morgan fingerprint density at radius 3 is 2.90 bits per heavy atom. The predicted octanol–water partition coefficient (Wildman–Crippen LogP) is 3.49. The monoisotopic (exact) mass is 356 g/mol. The number of nitrogens with one attached hydrogen (secondary N) is 1. The molecular formula is C14H18BrClN4. The second-order valence-corrected chi connectivity index (χ2v) is 6.44. The molecule has 0 bridgehead atoms. The minimum atomic E-state index is 0.624. The standard InChI is InChI=1S/C14H18BrClN4/c1-10(2)6-17-7-14-18-9-20(19-14)8-11-3-4-12(15)5-13(11)16/h3-5,9-10,17H,6-8H2,1-2H3. The fourth-order valence-corrected chi connectivity index (χ4v) is 2.52. The van der Waals surface area contributed by atoms with Gasteiger partial charge in [-0.05, 0) is 30.2 Å². The summed E-state index contributed by atoms with van der Waals surface area (Å²) in [6.45, 7) is 6.64. The number of benzene rings is 1. The fourth-order valence-electron chi connectivity index (χ4n) is 1.79. The Hall–Kier alpha value is -0.910. The fraction of sp³-hybridized carbons (Fsp3) is 0.429. The minimum Gasteiger partial charge on any atom is -0.310 e. The van der Waals surface area contributed by atoms with Crippen LogP contribution in [0, 0.1) is 5.92 Å². The van der Waals surface area contributed by atoms with Gasteiger partial charge >= 0.3 is 0 Å². The van der Waals surface area contributed by atoms with E-state index in [4.69, 9.17) is 11.6 Å². The number of rotatable bonds is 6. The van der Waals surface area contributed by atoms with Crippen molar-refractivity contribution >= 4 is 27.5 Å². The number of aromatic nitrogens is 3. The maximum absolute atomic E-state index is 6.20. The van der Waals surface area contributed by atoms with Gasteiger partial charge in [-0.3, -0.25) is 0 Å². The molecule has 0 aliphatic rings. The van der Waals surface area contributed by atoms with Crippen molar-refractivity contribution in [2.75, 3.05) is 6.54 Å². The summed E-state index contributed by atoms with van der Waals surface area (Å²) in [5, 5.41) is 8.50. The lowest BCUT2D eigenvalue weighted by Gasteiger charge is -2.05. The Morgan fingerprint density at radius 1 is 1.40 bits per heavy atom. The summed E-state index contributed by atoms with van der Waals surface area (Å²) in [6.07, 6.45) is 1.74. The van der Waals surface area contributed by atoms with E-state index in [1.165, 1.54) is 0 Å². The highest BCUT2D eigenvalue weighted by atomic mass is 79.9. The molecule has 4 nitrogen and oxygen atoms in total. The van der Waals surface area contributed by atoms with Crippen LogP contribution in [0.15, 0.2) is 29.0 Å². The van der Waals surface area contributed by atoms with Crippen LogP contribution in [0.3, 0.4) is 0 Å². The van der Waals surface area contributed by atoms with Crippen molar-refractivity contribution in [3.63, 3.8) is 0 Å². The lowest BCUT2D eigenvalue weighted by atomic mass is 10.2. The third-order valence-corrected chi connectivity index (χ3v) is 3.61. The molecule has 1 aromatic heterocycles. The molecule has 2 rings (SSSR count). The van der Waals surface area contributed by atoms with E-state index in [1.54, 1.807) is 6.33 Å². The summed E-state index contributed by atoms with van der Waals surface area (Å²) in [4.78, 5) is 4.29. The van der Waals surface area contributed by atoms with Crippen LogP contribution in [0.4, 0.5) is 0 Å². The largest absolute Gasteiger partial charge is 0.310 e. The Morgan fingerprint density at radius 2 is 2.20 bits per heavy atom. The highest BCUT2D eigenvalue weighted by Crippen LogP contribution is 2.21. The van der Waals surface area contributed by atoms with Crippen LogP contribution in [0.2, 0.25) is 5.02 Å². The smallest absolute Gasteiger partial charge is 0.164 e. The van der Waals surface area contributed by atoms with Crippen LogP contribution in [0.5, 0.6) is 0 Å². The van der Waals surface area contributed by atoms with Crippen molar-refractivity contribution in [1.29, 1.82) is 0 Å². The number of hydrogen-bond acceptors (Lipinski definition) is 3. The van der Waals surface area contributed by atoms with Gasteiger partial charge in [-0.1, -0.05) is 47.4 Å². The molecule has 1 N–H and O–H groups in total. The van der Waals surface area contributed by atoms with Gasteiger partial charge in [0.1, 0.15) is 6.33 Å². The first kappa shape index (κ1) is 15.5.